The molecular weight excluding hydrogens is 312 g/mol. The van der Waals surface area contributed by atoms with E-state index >= 15 is 0 Å². The number of hydrogen-bond donors (Lipinski definition) is 0. The van der Waals surface area contributed by atoms with Crippen molar-refractivity contribution in [1.29, 1.82) is 0 Å². The Labute approximate surface area is 127 Å². The lowest BCUT2D eigenvalue weighted by atomic mass is 9.99. The number of halogens is 1. The predicted octanol–water partition coefficient (Wildman–Crippen LogP) is 5.00. The maximum Gasteiger partial charge on any atom is 0.137 e. The summed E-state index contributed by atoms with van der Waals surface area (Å²) < 4.78 is 3.24. The Kier molecular flexibility index (Phi) is 3.17. The van der Waals surface area contributed by atoms with Crippen LogP contribution in [-0.4, -0.2) is 9.38 Å². The fourth-order valence-corrected chi connectivity index (χ4v) is 2.85. The number of aromatic nitrogens is 2. The molecule has 0 bridgehead atoms. The SMILES string of the molecule is Cc1cc(C)c(-c2cn3c(C)c(Br)ccc3n2)cc1C. The molecule has 3 heteroatoms. The molecule has 0 fully saturated rings. The zero-order chi connectivity index (χ0) is 14.4. The average Bonchev–Trinajstić information content (AvgIpc) is 2.83. The van der Waals surface area contributed by atoms with Gasteiger partial charge >= 0.3 is 0 Å². The van der Waals surface area contributed by atoms with Crippen LogP contribution in [0.15, 0.2) is 34.9 Å². The molecule has 3 aromatic rings. The van der Waals surface area contributed by atoms with Crippen LogP contribution < -0.4 is 0 Å². The number of hydrogen-bond acceptors (Lipinski definition) is 1. The zero-order valence-electron chi connectivity index (χ0n) is 12.2. The maximum absolute atomic E-state index is 4.76. The van der Waals surface area contributed by atoms with Crippen molar-refractivity contribution < 1.29 is 0 Å². The Bertz CT molecular complexity index is 815. The molecule has 0 unspecified atom stereocenters. The van der Waals surface area contributed by atoms with Gasteiger partial charge in [-0.15, -0.1) is 0 Å². The van der Waals surface area contributed by atoms with E-state index in [9.17, 15) is 0 Å². The third-order valence-corrected chi connectivity index (χ3v) is 4.77. The molecule has 0 atom stereocenters. The molecule has 0 radical (unpaired) electrons. The van der Waals surface area contributed by atoms with Crippen LogP contribution in [0.4, 0.5) is 0 Å². The smallest absolute Gasteiger partial charge is 0.137 e. The van der Waals surface area contributed by atoms with Crippen LogP contribution >= 0.6 is 15.9 Å². The average molecular weight is 329 g/mol. The molecule has 20 heavy (non-hydrogen) atoms. The van der Waals surface area contributed by atoms with E-state index in [1.54, 1.807) is 0 Å². The highest BCUT2D eigenvalue weighted by Crippen LogP contribution is 2.27. The van der Waals surface area contributed by atoms with Gasteiger partial charge in [0.15, 0.2) is 0 Å². The molecule has 0 N–H and O–H groups in total. The van der Waals surface area contributed by atoms with E-state index in [1.807, 2.05) is 6.07 Å². The van der Waals surface area contributed by atoms with E-state index < -0.39 is 0 Å². The minimum absolute atomic E-state index is 0.985. The zero-order valence-corrected chi connectivity index (χ0v) is 13.7. The van der Waals surface area contributed by atoms with Crippen molar-refractivity contribution in [3.63, 3.8) is 0 Å². The van der Waals surface area contributed by atoms with E-state index in [1.165, 1.54) is 27.9 Å². The van der Waals surface area contributed by atoms with Gasteiger partial charge in [0.05, 0.1) is 5.69 Å². The third-order valence-electron chi connectivity index (χ3n) is 3.94. The Morgan fingerprint density at radius 2 is 1.65 bits per heavy atom. The number of aryl methyl sites for hydroxylation is 4. The Balaban J connectivity index is 2.25. The van der Waals surface area contributed by atoms with Gasteiger partial charge in [-0.2, -0.15) is 0 Å². The highest BCUT2D eigenvalue weighted by Gasteiger charge is 2.10. The summed E-state index contributed by atoms with van der Waals surface area (Å²) in [5.74, 6) is 0. The minimum atomic E-state index is 0.985. The Morgan fingerprint density at radius 3 is 2.40 bits per heavy atom. The summed E-state index contributed by atoms with van der Waals surface area (Å²) in [6.45, 7) is 8.54. The molecule has 0 aliphatic heterocycles. The normalized spacial score (nSPS) is 11.2. The lowest BCUT2D eigenvalue weighted by molar-refractivity contribution is 1.08. The van der Waals surface area contributed by atoms with Crippen LogP contribution in [0.1, 0.15) is 22.4 Å². The number of fused-ring (bicyclic) bond motifs is 1. The summed E-state index contributed by atoms with van der Waals surface area (Å²) in [5, 5.41) is 0. The summed E-state index contributed by atoms with van der Waals surface area (Å²) >= 11 is 3.57. The summed E-state index contributed by atoms with van der Waals surface area (Å²) in [4.78, 5) is 4.76. The first-order valence-corrected chi connectivity index (χ1v) is 7.49. The lowest BCUT2D eigenvalue weighted by Crippen LogP contribution is -1.90. The number of rotatable bonds is 1. The molecular formula is C17H17BrN2. The van der Waals surface area contributed by atoms with Crippen molar-refractivity contribution in [2.45, 2.75) is 27.7 Å². The third kappa shape index (κ3) is 2.06. The monoisotopic (exact) mass is 328 g/mol. The maximum atomic E-state index is 4.76. The highest BCUT2D eigenvalue weighted by atomic mass is 79.9. The van der Waals surface area contributed by atoms with E-state index in [0.29, 0.717) is 0 Å². The van der Waals surface area contributed by atoms with Crippen LogP contribution in [0.2, 0.25) is 0 Å². The second-order valence-corrected chi connectivity index (χ2v) is 6.23. The van der Waals surface area contributed by atoms with Gasteiger partial charge in [0.25, 0.3) is 0 Å². The lowest BCUT2D eigenvalue weighted by Gasteiger charge is -2.07. The quantitative estimate of drug-likeness (QED) is 0.614. The molecule has 0 aliphatic rings. The van der Waals surface area contributed by atoms with Crippen molar-refractivity contribution in [3.05, 3.63) is 57.3 Å². The second-order valence-electron chi connectivity index (χ2n) is 5.37. The van der Waals surface area contributed by atoms with Crippen LogP contribution in [0.5, 0.6) is 0 Å². The molecule has 102 valence electrons. The standard InChI is InChI=1S/C17H17BrN2/c1-10-7-12(3)14(8-11(10)2)16-9-20-13(4)15(18)5-6-17(20)19-16/h5-9H,1-4H3. The van der Waals surface area contributed by atoms with Crippen LogP contribution in [0.3, 0.4) is 0 Å². The van der Waals surface area contributed by atoms with Gasteiger partial charge in [0, 0.05) is 21.9 Å². The van der Waals surface area contributed by atoms with Gasteiger partial charge in [-0.25, -0.2) is 4.98 Å². The minimum Gasteiger partial charge on any atom is -0.303 e. The van der Waals surface area contributed by atoms with Gasteiger partial charge in [0.1, 0.15) is 5.65 Å². The fraction of sp³-hybridized carbons (Fsp3) is 0.235. The second kappa shape index (κ2) is 4.74. The first kappa shape index (κ1) is 13.4. The highest BCUT2D eigenvalue weighted by molar-refractivity contribution is 9.10. The van der Waals surface area contributed by atoms with Gasteiger partial charge in [0.2, 0.25) is 0 Å². The summed E-state index contributed by atoms with van der Waals surface area (Å²) in [5.41, 5.74) is 8.31. The van der Waals surface area contributed by atoms with Crippen molar-refractivity contribution in [2.75, 3.05) is 0 Å². The van der Waals surface area contributed by atoms with Crippen LogP contribution in [-0.2, 0) is 0 Å². The molecule has 0 spiro atoms. The number of benzene rings is 1. The van der Waals surface area contributed by atoms with Gasteiger partial charge in [-0.3, -0.25) is 0 Å². The largest absolute Gasteiger partial charge is 0.303 e. The van der Waals surface area contributed by atoms with Crippen molar-refractivity contribution in [1.82, 2.24) is 9.38 Å². The first-order chi connectivity index (χ1) is 9.47. The van der Waals surface area contributed by atoms with Crippen LogP contribution in [0.25, 0.3) is 16.9 Å². The Hall–Kier alpha value is -1.61. The summed E-state index contributed by atoms with van der Waals surface area (Å²) in [7, 11) is 0. The first-order valence-electron chi connectivity index (χ1n) is 6.70. The molecule has 2 heterocycles. The molecule has 0 amide bonds. The van der Waals surface area contributed by atoms with Crippen LogP contribution in [0, 0.1) is 27.7 Å². The molecule has 0 saturated heterocycles. The topological polar surface area (TPSA) is 17.3 Å². The van der Waals surface area contributed by atoms with Crippen molar-refractivity contribution in [2.24, 2.45) is 0 Å². The van der Waals surface area contributed by atoms with Gasteiger partial charge < -0.3 is 4.40 Å². The number of nitrogens with zero attached hydrogens (tertiary/aromatic N) is 2. The van der Waals surface area contributed by atoms with E-state index in [0.717, 1.165) is 15.8 Å². The molecule has 2 nitrogen and oxygen atoms in total. The molecule has 3 rings (SSSR count). The van der Waals surface area contributed by atoms with Crippen molar-refractivity contribution >= 4 is 21.6 Å². The fourth-order valence-electron chi connectivity index (χ4n) is 2.53. The van der Waals surface area contributed by atoms with Gasteiger partial charge in [-0.1, -0.05) is 6.07 Å². The Morgan fingerprint density at radius 1 is 0.950 bits per heavy atom. The molecule has 2 aromatic heterocycles. The molecule has 1 aromatic carbocycles. The molecule has 0 aliphatic carbocycles. The van der Waals surface area contributed by atoms with E-state index in [-0.39, 0.29) is 0 Å². The molecule has 0 saturated carbocycles. The van der Waals surface area contributed by atoms with Gasteiger partial charge in [-0.05, 0) is 78.5 Å². The van der Waals surface area contributed by atoms with Crippen molar-refractivity contribution in [3.8, 4) is 11.3 Å². The number of pyridine rings is 1. The summed E-state index contributed by atoms with van der Waals surface area (Å²) in [6, 6.07) is 8.56. The van der Waals surface area contributed by atoms with E-state index in [2.05, 4.69) is 72.4 Å². The predicted molar refractivity (Wildman–Crippen MR) is 87.3 cm³/mol. The summed E-state index contributed by atoms with van der Waals surface area (Å²) in [6.07, 6.45) is 2.12. The number of imidazole rings is 1. The van der Waals surface area contributed by atoms with E-state index in [4.69, 9.17) is 4.98 Å².